The van der Waals surface area contributed by atoms with Crippen LogP contribution in [0.3, 0.4) is 0 Å². The van der Waals surface area contributed by atoms with E-state index in [2.05, 4.69) is 0 Å². The first kappa shape index (κ1) is 12.2. The van der Waals surface area contributed by atoms with Gasteiger partial charge in [0, 0.05) is 25.4 Å². The summed E-state index contributed by atoms with van der Waals surface area (Å²) < 4.78 is 0. The Bertz CT molecular complexity index is 296. The molecule has 0 radical (unpaired) electrons. The molecule has 0 aliphatic carbocycles. The maximum absolute atomic E-state index is 11.3. The fourth-order valence-corrected chi connectivity index (χ4v) is 2.04. The van der Waals surface area contributed by atoms with Crippen molar-refractivity contribution in [2.45, 2.75) is 25.4 Å². The standard InChI is InChI=1S/C11H17NO2S/c1-12(2)11(14)7-3-5-9(13)10-6-4-8-15-10/h4,6,8-9,13H,3,5,7H2,1-2H3. The van der Waals surface area contributed by atoms with Crippen LogP contribution in [0.5, 0.6) is 0 Å². The smallest absolute Gasteiger partial charge is 0.222 e. The first-order valence-electron chi connectivity index (χ1n) is 5.03. The lowest BCUT2D eigenvalue weighted by molar-refractivity contribution is -0.128. The molecule has 0 saturated carbocycles. The zero-order valence-corrected chi connectivity index (χ0v) is 9.96. The summed E-state index contributed by atoms with van der Waals surface area (Å²) in [5.74, 6) is 0.119. The Morgan fingerprint density at radius 3 is 2.87 bits per heavy atom. The first-order chi connectivity index (χ1) is 7.11. The van der Waals surface area contributed by atoms with Crippen molar-refractivity contribution in [1.82, 2.24) is 4.90 Å². The van der Waals surface area contributed by atoms with Gasteiger partial charge >= 0.3 is 0 Å². The van der Waals surface area contributed by atoms with E-state index in [1.807, 2.05) is 17.5 Å². The van der Waals surface area contributed by atoms with Crippen LogP contribution in [0.2, 0.25) is 0 Å². The van der Waals surface area contributed by atoms with Gasteiger partial charge in [0.25, 0.3) is 0 Å². The summed E-state index contributed by atoms with van der Waals surface area (Å²) in [6.07, 6.45) is 1.48. The van der Waals surface area contributed by atoms with Gasteiger partial charge in [-0.15, -0.1) is 11.3 Å². The number of hydrogen-bond donors (Lipinski definition) is 1. The molecule has 1 amide bonds. The number of thiophene rings is 1. The van der Waals surface area contributed by atoms with Crippen LogP contribution in [0, 0.1) is 0 Å². The average Bonchev–Trinajstić information content (AvgIpc) is 2.70. The molecule has 1 unspecified atom stereocenters. The Labute approximate surface area is 94.3 Å². The van der Waals surface area contributed by atoms with Crippen LogP contribution in [0.1, 0.15) is 30.2 Å². The molecule has 3 nitrogen and oxygen atoms in total. The highest BCUT2D eigenvalue weighted by Crippen LogP contribution is 2.23. The molecule has 0 aliphatic heterocycles. The van der Waals surface area contributed by atoms with Crippen molar-refractivity contribution in [3.05, 3.63) is 22.4 Å². The van der Waals surface area contributed by atoms with E-state index in [0.29, 0.717) is 12.8 Å². The quantitative estimate of drug-likeness (QED) is 0.836. The summed E-state index contributed by atoms with van der Waals surface area (Å²) in [5.41, 5.74) is 0. The van der Waals surface area contributed by atoms with E-state index in [-0.39, 0.29) is 5.91 Å². The molecule has 1 aromatic rings. The molecule has 1 aromatic heterocycles. The number of aliphatic hydroxyl groups is 1. The van der Waals surface area contributed by atoms with Gasteiger partial charge in [-0.05, 0) is 24.3 Å². The molecule has 0 spiro atoms. The lowest BCUT2D eigenvalue weighted by atomic mass is 10.1. The number of carbonyl (C=O) groups is 1. The Balaban J connectivity index is 2.24. The van der Waals surface area contributed by atoms with Gasteiger partial charge < -0.3 is 10.0 Å². The second kappa shape index (κ2) is 5.88. The number of nitrogens with zero attached hydrogens (tertiary/aromatic N) is 1. The van der Waals surface area contributed by atoms with Gasteiger partial charge in [-0.1, -0.05) is 6.07 Å². The van der Waals surface area contributed by atoms with Crippen LogP contribution in [0.4, 0.5) is 0 Å². The predicted octanol–water partition coefficient (Wildman–Crippen LogP) is 2.04. The minimum Gasteiger partial charge on any atom is -0.388 e. The number of aliphatic hydroxyl groups excluding tert-OH is 1. The van der Waals surface area contributed by atoms with Crippen LogP contribution in [-0.4, -0.2) is 30.0 Å². The Kier molecular flexibility index (Phi) is 4.78. The van der Waals surface area contributed by atoms with E-state index in [4.69, 9.17) is 0 Å². The molecule has 0 bridgehead atoms. The Morgan fingerprint density at radius 2 is 2.33 bits per heavy atom. The van der Waals surface area contributed by atoms with E-state index in [9.17, 15) is 9.90 Å². The molecular formula is C11H17NO2S. The number of amides is 1. The minimum atomic E-state index is -0.417. The summed E-state index contributed by atoms with van der Waals surface area (Å²) in [6, 6.07) is 3.84. The van der Waals surface area contributed by atoms with Gasteiger partial charge in [-0.2, -0.15) is 0 Å². The molecule has 1 heterocycles. The van der Waals surface area contributed by atoms with E-state index < -0.39 is 6.10 Å². The molecule has 15 heavy (non-hydrogen) atoms. The average molecular weight is 227 g/mol. The summed E-state index contributed by atoms with van der Waals surface area (Å²) in [4.78, 5) is 13.8. The normalized spacial score (nSPS) is 12.5. The van der Waals surface area contributed by atoms with Gasteiger partial charge in [-0.3, -0.25) is 4.79 Å². The second-order valence-electron chi connectivity index (χ2n) is 3.71. The highest BCUT2D eigenvalue weighted by Gasteiger charge is 2.10. The van der Waals surface area contributed by atoms with Crippen molar-refractivity contribution >= 4 is 17.2 Å². The SMILES string of the molecule is CN(C)C(=O)CCCC(O)c1cccs1. The molecule has 4 heteroatoms. The van der Waals surface area contributed by atoms with Crippen molar-refractivity contribution in [3.8, 4) is 0 Å². The number of hydrogen-bond acceptors (Lipinski definition) is 3. The molecular weight excluding hydrogens is 210 g/mol. The maximum atomic E-state index is 11.3. The molecule has 0 fully saturated rings. The third-order valence-electron chi connectivity index (χ3n) is 2.24. The lowest BCUT2D eigenvalue weighted by Crippen LogP contribution is -2.21. The van der Waals surface area contributed by atoms with Crippen molar-refractivity contribution in [2.75, 3.05) is 14.1 Å². The largest absolute Gasteiger partial charge is 0.388 e. The summed E-state index contributed by atoms with van der Waals surface area (Å²) >= 11 is 1.55. The van der Waals surface area contributed by atoms with E-state index in [0.717, 1.165) is 11.3 Å². The zero-order chi connectivity index (χ0) is 11.3. The van der Waals surface area contributed by atoms with Crippen molar-refractivity contribution in [2.24, 2.45) is 0 Å². The second-order valence-corrected chi connectivity index (χ2v) is 4.69. The van der Waals surface area contributed by atoms with Crippen molar-refractivity contribution in [1.29, 1.82) is 0 Å². The van der Waals surface area contributed by atoms with Crippen molar-refractivity contribution < 1.29 is 9.90 Å². The predicted molar refractivity (Wildman–Crippen MR) is 61.8 cm³/mol. The van der Waals surface area contributed by atoms with Crippen molar-refractivity contribution in [3.63, 3.8) is 0 Å². The molecule has 0 aliphatic rings. The van der Waals surface area contributed by atoms with Crippen LogP contribution in [-0.2, 0) is 4.79 Å². The van der Waals surface area contributed by atoms with Gasteiger partial charge in [0.05, 0.1) is 6.10 Å². The van der Waals surface area contributed by atoms with E-state index >= 15 is 0 Å². The topological polar surface area (TPSA) is 40.5 Å². The summed E-state index contributed by atoms with van der Waals surface area (Å²) in [7, 11) is 3.50. The van der Waals surface area contributed by atoms with Crippen LogP contribution in [0.25, 0.3) is 0 Å². The van der Waals surface area contributed by atoms with Crippen LogP contribution >= 0.6 is 11.3 Å². The van der Waals surface area contributed by atoms with Gasteiger partial charge in [0.2, 0.25) is 5.91 Å². The molecule has 1 rings (SSSR count). The fourth-order valence-electron chi connectivity index (χ4n) is 1.29. The summed E-state index contributed by atoms with van der Waals surface area (Å²) in [6.45, 7) is 0. The third-order valence-corrected chi connectivity index (χ3v) is 3.21. The van der Waals surface area contributed by atoms with E-state index in [1.165, 1.54) is 0 Å². The maximum Gasteiger partial charge on any atom is 0.222 e. The fraction of sp³-hybridized carbons (Fsp3) is 0.545. The van der Waals surface area contributed by atoms with Crippen LogP contribution in [0.15, 0.2) is 17.5 Å². The monoisotopic (exact) mass is 227 g/mol. The third kappa shape index (κ3) is 4.01. The van der Waals surface area contributed by atoms with Gasteiger partial charge in [0.1, 0.15) is 0 Å². The first-order valence-corrected chi connectivity index (χ1v) is 5.91. The minimum absolute atomic E-state index is 0.119. The molecule has 1 atom stereocenters. The summed E-state index contributed by atoms with van der Waals surface area (Å²) in [5, 5.41) is 11.7. The molecule has 0 aromatic carbocycles. The Morgan fingerprint density at radius 1 is 1.60 bits per heavy atom. The lowest BCUT2D eigenvalue weighted by Gasteiger charge is -2.11. The molecule has 84 valence electrons. The molecule has 0 saturated heterocycles. The number of carbonyl (C=O) groups excluding carboxylic acids is 1. The van der Waals surface area contributed by atoms with Gasteiger partial charge in [0.15, 0.2) is 0 Å². The van der Waals surface area contributed by atoms with Gasteiger partial charge in [-0.25, -0.2) is 0 Å². The Hall–Kier alpha value is -0.870. The molecule has 1 N–H and O–H groups in total. The highest BCUT2D eigenvalue weighted by molar-refractivity contribution is 7.10. The van der Waals surface area contributed by atoms with Crippen LogP contribution < -0.4 is 0 Å². The highest BCUT2D eigenvalue weighted by atomic mass is 32.1. The number of rotatable bonds is 5. The van der Waals surface area contributed by atoms with E-state index in [1.54, 1.807) is 30.3 Å². The zero-order valence-electron chi connectivity index (χ0n) is 9.14.